The first-order chi connectivity index (χ1) is 11.5. The van der Waals surface area contributed by atoms with Gasteiger partial charge in [0.15, 0.2) is 0 Å². The quantitative estimate of drug-likeness (QED) is 0.694. The van der Waals surface area contributed by atoms with Crippen molar-refractivity contribution in [2.75, 3.05) is 14.2 Å². The van der Waals surface area contributed by atoms with Gasteiger partial charge in [0.25, 0.3) is 0 Å². The van der Waals surface area contributed by atoms with Gasteiger partial charge in [-0.3, -0.25) is 4.98 Å². The predicted octanol–water partition coefficient (Wildman–Crippen LogP) is 4.77. The Morgan fingerprint density at radius 3 is 2.12 bits per heavy atom. The molecule has 0 unspecified atom stereocenters. The number of rotatable bonds is 4. The molecule has 0 bridgehead atoms. The summed E-state index contributed by atoms with van der Waals surface area (Å²) >= 11 is 0. The maximum absolute atomic E-state index is 5.49. The van der Waals surface area contributed by atoms with Crippen molar-refractivity contribution in [2.24, 2.45) is 0 Å². The van der Waals surface area contributed by atoms with Gasteiger partial charge in [-0.15, -0.1) is 0 Å². The van der Waals surface area contributed by atoms with Crippen molar-refractivity contribution in [3.63, 3.8) is 0 Å². The van der Waals surface area contributed by atoms with Gasteiger partial charge in [-0.05, 0) is 67.1 Å². The highest BCUT2D eigenvalue weighted by molar-refractivity contribution is 5.86. The summed E-state index contributed by atoms with van der Waals surface area (Å²) in [7, 11) is 3.38. The average Bonchev–Trinajstić information content (AvgIpc) is 2.58. The van der Waals surface area contributed by atoms with Crippen LogP contribution in [0.15, 0.2) is 36.5 Å². The molecule has 0 amide bonds. The Labute approximate surface area is 143 Å². The van der Waals surface area contributed by atoms with E-state index in [1.54, 1.807) is 14.2 Å². The van der Waals surface area contributed by atoms with Crippen molar-refractivity contribution in [3.8, 4) is 11.5 Å². The molecule has 0 aliphatic carbocycles. The molecule has 3 aromatic rings. The number of hydrogen-bond acceptors (Lipinski definition) is 3. The monoisotopic (exact) mass is 321 g/mol. The van der Waals surface area contributed by atoms with Crippen LogP contribution < -0.4 is 9.47 Å². The van der Waals surface area contributed by atoms with E-state index in [9.17, 15) is 0 Å². The van der Waals surface area contributed by atoms with E-state index in [2.05, 4.69) is 49.2 Å². The third-order valence-corrected chi connectivity index (χ3v) is 4.64. The lowest BCUT2D eigenvalue weighted by atomic mass is 9.98. The van der Waals surface area contributed by atoms with Gasteiger partial charge in [0.05, 0.1) is 19.9 Å². The minimum absolute atomic E-state index is 0.743. The largest absolute Gasteiger partial charge is 0.496 e. The maximum atomic E-state index is 5.49. The zero-order valence-electron chi connectivity index (χ0n) is 14.9. The average molecular weight is 321 g/mol. The summed E-state index contributed by atoms with van der Waals surface area (Å²) < 4.78 is 11.0. The molecule has 0 atom stereocenters. The van der Waals surface area contributed by atoms with Crippen molar-refractivity contribution in [1.29, 1.82) is 0 Å². The fraction of sp³-hybridized carbons (Fsp3) is 0.286. The van der Waals surface area contributed by atoms with Gasteiger partial charge in [0.1, 0.15) is 11.5 Å². The Balaban J connectivity index is 2.09. The lowest BCUT2D eigenvalue weighted by molar-refractivity contribution is 0.388. The van der Waals surface area contributed by atoms with Crippen molar-refractivity contribution in [3.05, 3.63) is 64.5 Å². The lowest BCUT2D eigenvalue weighted by Crippen LogP contribution is -1.99. The van der Waals surface area contributed by atoms with E-state index in [4.69, 9.17) is 9.47 Å². The van der Waals surface area contributed by atoms with Crippen LogP contribution in [-0.4, -0.2) is 19.2 Å². The van der Waals surface area contributed by atoms with Gasteiger partial charge in [-0.1, -0.05) is 6.07 Å². The van der Waals surface area contributed by atoms with E-state index in [0.29, 0.717) is 0 Å². The standard InChI is InChI=1S/C21H23NO2/c1-13-8-17-6-7-22-19(18(17)9-14(13)2)10-16-11-20(23-4)15(3)21(12-16)24-5/h6-9,11-12H,10H2,1-5H3. The molecule has 24 heavy (non-hydrogen) atoms. The molecular weight excluding hydrogens is 298 g/mol. The lowest BCUT2D eigenvalue weighted by Gasteiger charge is -2.13. The number of aromatic nitrogens is 1. The number of fused-ring (bicyclic) bond motifs is 1. The molecule has 3 heteroatoms. The Bertz CT molecular complexity index is 875. The summed E-state index contributed by atoms with van der Waals surface area (Å²) in [6.45, 7) is 6.29. The molecule has 3 rings (SSSR count). The fourth-order valence-corrected chi connectivity index (χ4v) is 3.08. The molecule has 3 nitrogen and oxygen atoms in total. The van der Waals surface area contributed by atoms with Crippen LogP contribution >= 0.6 is 0 Å². The zero-order chi connectivity index (χ0) is 17.3. The fourth-order valence-electron chi connectivity index (χ4n) is 3.08. The van der Waals surface area contributed by atoms with Crippen molar-refractivity contribution < 1.29 is 9.47 Å². The molecule has 0 radical (unpaired) electrons. The molecule has 0 fully saturated rings. The molecule has 1 heterocycles. The minimum atomic E-state index is 0.743. The minimum Gasteiger partial charge on any atom is -0.496 e. The Kier molecular flexibility index (Phi) is 4.43. The zero-order valence-corrected chi connectivity index (χ0v) is 14.9. The molecule has 0 saturated carbocycles. The molecular formula is C21H23NO2. The van der Waals surface area contributed by atoms with Crippen LogP contribution in [0, 0.1) is 20.8 Å². The summed E-state index contributed by atoms with van der Waals surface area (Å²) in [5.74, 6) is 1.69. The van der Waals surface area contributed by atoms with Crippen LogP contribution in [0.2, 0.25) is 0 Å². The van der Waals surface area contributed by atoms with E-state index in [1.165, 1.54) is 21.9 Å². The van der Waals surface area contributed by atoms with E-state index in [1.807, 2.05) is 13.1 Å². The number of ether oxygens (including phenoxy) is 2. The van der Waals surface area contributed by atoms with E-state index in [-0.39, 0.29) is 0 Å². The molecule has 0 N–H and O–H groups in total. The molecule has 124 valence electrons. The van der Waals surface area contributed by atoms with Gasteiger partial charge < -0.3 is 9.47 Å². The predicted molar refractivity (Wildman–Crippen MR) is 98.3 cm³/mol. The van der Waals surface area contributed by atoms with Crippen LogP contribution in [0.25, 0.3) is 10.8 Å². The highest BCUT2D eigenvalue weighted by atomic mass is 16.5. The van der Waals surface area contributed by atoms with Crippen molar-refractivity contribution in [2.45, 2.75) is 27.2 Å². The van der Waals surface area contributed by atoms with Gasteiger partial charge in [-0.2, -0.15) is 0 Å². The van der Waals surface area contributed by atoms with Crippen LogP contribution in [0.5, 0.6) is 11.5 Å². The first-order valence-electron chi connectivity index (χ1n) is 8.10. The second-order valence-electron chi connectivity index (χ2n) is 6.22. The number of hydrogen-bond donors (Lipinski definition) is 0. The number of aryl methyl sites for hydroxylation is 2. The van der Waals surface area contributed by atoms with E-state index in [0.717, 1.165) is 34.7 Å². The van der Waals surface area contributed by atoms with Crippen LogP contribution in [-0.2, 0) is 6.42 Å². The highest BCUT2D eigenvalue weighted by Gasteiger charge is 2.11. The summed E-state index contributed by atoms with van der Waals surface area (Å²) in [5, 5.41) is 2.44. The third kappa shape index (κ3) is 2.94. The van der Waals surface area contributed by atoms with Gasteiger partial charge in [0.2, 0.25) is 0 Å². The van der Waals surface area contributed by atoms with Gasteiger partial charge >= 0.3 is 0 Å². The molecule has 1 aromatic heterocycles. The SMILES string of the molecule is COc1cc(Cc2nccc3cc(C)c(C)cc23)cc(OC)c1C. The van der Waals surface area contributed by atoms with Gasteiger partial charge in [0, 0.05) is 23.6 Å². The van der Waals surface area contributed by atoms with Gasteiger partial charge in [-0.25, -0.2) is 0 Å². The van der Waals surface area contributed by atoms with Crippen molar-refractivity contribution >= 4 is 10.8 Å². The van der Waals surface area contributed by atoms with E-state index < -0.39 is 0 Å². The smallest absolute Gasteiger partial charge is 0.125 e. The molecule has 2 aromatic carbocycles. The second-order valence-corrected chi connectivity index (χ2v) is 6.22. The Morgan fingerprint density at radius 2 is 1.50 bits per heavy atom. The van der Waals surface area contributed by atoms with Crippen LogP contribution in [0.4, 0.5) is 0 Å². The maximum Gasteiger partial charge on any atom is 0.125 e. The highest BCUT2D eigenvalue weighted by Crippen LogP contribution is 2.31. The first kappa shape index (κ1) is 16.3. The number of methoxy groups -OCH3 is 2. The topological polar surface area (TPSA) is 31.4 Å². The number of nitrogens with zero attached hydrogens (tertiary/aromatic N) is 1. The van der Waals surface area contributed by atoms with Crippen LogP contribution in [0.3, 0.4) is 0 Å². The van der Waals surface area contributed by atoms with Crippen LogP contribution in [0.1, 0.15) is 27.9 Å². The number of benzene rings is 2. The molecule has 0 aliphatic heterocycles. The summed E-state index contributed by atoms with van der Waals surface area (Å²) in [6, 6.07) is 10.7. The third-order valence-electron chi connectivity index (χ3n) is 4.64. The normalized spacial score (nSPS) is 10.9. The second kappa shape index (κ2) is 6.52. The summed E-state index contributed by atoms with van der Waals surface area (Å²) in [4.78, 5) is 4.62. The number of pyridine rings is 1. The molecule has 0 spiro atoms. The first-order valence-corrected chi connectivity index (χ1v) is 8.10. The summed E-state index contributed by atoms with van der Waals surface area (Å²) in [6.07, 6.45) is 2.63. The molecule has 0 aliphatic rings. The van der Waals surface area contributed by atoms with E-state index >= 15 is 0 Å². The Morgan fingerprint density at radius 1 is 0.875 bits per heavy atom. The van der Waals surface area contributed by atoms with Crippen molar-refractivity contribution in [1.82, 2.24) is 4.98 Å². The summed E-state index contributed by atoms with van der Waals surface area (Å²) in [5.41, 5.74) is 5.81. The molecule has 0 saturated heterocycles. The Hall–Kier alpha value is -2.55.